The van der Waals surface area contributed by atoms with E-state index >= 15 is 0 Å². The maximum Gasteiger partial charge on any atom is 0.239 e. The number of hydrogen-bond donors (Lipinski definition) is 1. The summed E-state index contributed by atoms with van der Waals surface area (Å²) in [6.45, 7) is 1.10. The Balaban J connectivity index is 2.41. The maximum absolute atomic E-state index is 11.9. The monoisotopic (exact) mass is 347 g/mol. The zero-order valence-electron chi connectivity index (χ0n) is 11.3. The van der Waals surface area contributed by atoms with Crippen LogP contribution in [0.1, 0.15) is 4.88 Å². The molecule has 5 nitrogen and oxygen atoms in total. The molecule has 0 radical (unpaired) electrons. The van der Waals surface area contributed by atoms with Gasteiger partial charge < -0.3 is 10.2 Å². The molecule has 1 aromatic heterocycles. The first kappa shape index (κ1) is 16.1. The summed E-state index contributed by atoms with van der Waals surface area (Å²) in [5.74, 6) is -0.234. The van der Waals surface area contributed by atoms with Gasteiger partial charge in [0.1, 0.15) is 0 Å². The van der Waals surface area contributed by atoms with Crippen molar-refractivity contribution in [3.8, 4) is 0 Å². The van der Waals surface area contributed by atoms with Crippen LogP contribution in [0.2, 0.25) is 0 Å². The van der Waals surface area contributed by atoms with Gasteiger partial charge in [0.15, 0.2) is 0 Å². The summed E-state index contributed by atoms with van der Waals surface area (Å²) in [6, 6.07) is 4.03. The lowest BCUT2D eigenvalue weighted by molar-refractivity contribution is -0.135. The Morgan fingerprint density at radius 1 is 1.32 bits per heavy atom. The summed E-state index contributed by atoms with van der Waals surface area (Å²) in [5, 5.41) is 2.50. The number of halogens is 1. The smallest absolute Gasteiger partial charge is 0.239 e. The van der Waals surface area contributed by atoms with Crippen LogP contribution in [0.4, 0.5) is 0 Å². The molecule has 2 amide bonds. The fraction of sp³-hybridized carbons (Fsp3) is 0.500. The minimum Gasteiger partial charge on any atom is -0.358 e. The predicted molar refractivity (Wildman–Crippen MR) is 80.1 cm³/mol. The van der Waals surface area contributed by atoms with Crippen LogP contribution in [0.25, 0.3) is 0 Å². The van der Waals surface area contributed by atoms with Crippen LogP contribution in [-0.2, 0) is 16.1 Å². The van der Waals surface area contributed by atoms with Crippen LogP contribution in [0.3, 0.4) is 0 Å². The molecule has 0 bridgehead atoms. The summed E-state index contributed by atoms with van der Waals surface area (Å²) >= 11 is 5.06. The average molecular weight is 348 g/mol. The highest BCUT2D eigenvalue weighted by Crippen LogP contribution is 2.22. The van der Waals surface area contributed by atoms with Crippen LogP contribution in [0.5, 0.6) is 0 Å². The molecule has 7 heteroatoms. The second-order valence-electron chi connectivity index (χ2n) is 4.30. The van der Waals surface area contributed by atoms with Crippen molar-refractivity contribution in [2.45, 2.75) is 6.54 Å². The van der Waals surface area contributed by atoms with Gasteiger partial charge in [-0.05, 0) is 35.1 Å². The van der Waals surface area contributed by atoms with Crippen LogP contribution < -0.4 is 5.32 Å². The average Bonchev–Trinajstić information content (AvgIpc) is 2.74. The number of rotatable bonds is 6. The zero-order valence-corrected chi connectivity index (χ0v) is 13.7. The van der Waals surface area contributed by atoms with Crippen LogP contribution >= 0.6 is 27.3 Å². The highest BCUT2D eigenvalue weighted by Gasteiger charge is 2.14. The van der Waals surface area contributed by atoms with Crippen molar-refractivity contribution >= 4 is 39.1 Å². The highest BCUT2D eigenvalue weighted by molar-refractivity contribution is 9.11. The van der Waals surface area contributed by atoms with E-state index in [0.717, 1.165) is 10.3 Å². The van der Waals surface area contributed by atoms with Crippen molar-refractivity contribution in [2.75, 3.05) is 34.2 Å². The summed E-state index contributed by atoms with van der Waals surface area (Å²) in [7, 11) is 5.08. The molecule has 0 fully saturated rings. The molecule has 0 saturated heterocycles. The summed E-state index contributed by atoms with van der Waals surface area (Å²) in [4.78, 5) is 27.6. The van der Waals surface area contributed by atoms with Gasteiger partial charge in [-0.3, -0.25) is 14.5 Å². The second kappa shape index (κ2) is 7.62. The fourth-order valence-corrected chi connectivity index (χ4v) is 3.06. The quantitative estimate of drug-likeness (QED) is 0.839. The van der Waals surface area contributed by atoms with E-state index in [-0.39, 0.29) is 18.4 Å². The van der Waals surface area contributed by atoms with E-state index in [1.165, 1.54) is 9.78 Å². The normalized spacial score (nSPS) is 10.6. The molecule has 0 aliphatic carbocycles. The first-order valence-electron chi connectivity index (χ1n) is 5.79. The van der Waals surface area contributed by atoms with E-state index < -0.39 is 0 Å². The number of thiophene rings is 1. The Morgan fingerprint density at radius 2 is 2.00 bits per heavy atom. The molecule has 0 aromatic carbocycles. The molecule has 0 spiro atoms. The first-order chi connectivity index (χ1) is 8.92. The number of amides is 2. The minimum absolute atomic E-state index is 0.0679. The largest absolute Gasteiger partial charge is 0.358 e. The van der Waals surface area contributed by atoms with E-state index in [1.54, 1.807) is 25.4 Å². The standard InChI is InChI=1S/C12H18BrN3O2S/c1-14-11(17)7-16(3)12(18)8-15(2)6-9-4-5-10(13)19-9/h4-5H,6-8H2,1-3H3,(H,14,17). The van der Waals surface area contributed by atoms with E-state index in [4.69, 9.17) is 0 Å². The van der Waals surface area contributed by atoms with Crippen molar-refractivity contribution < 1.29 is 9.59 Å². The molecule has 0 aliphatic heterocycles. The lowest BCUT2D eigenvalue weighted by Crippen LogP contribution is -2.41. The molecule has 19 heavy (non-hydrogen) atoms. The molecule has 1 heterocycles. The van der Waals surface area contributed by atoms with Crippen LogP contribution in [-0.4, -0.2) is 55.8 Å². The van der Waals surface area contributed by atoms with E-state index in [9.17, 15) is 9.59 Å². The number of likely N-dealkylation sites (N-methyl/N-ethyl adjacent to an activating group) is 3. The Labute approximate surface area is 125 Å². The van der Waals surface area contributed by atoms with E-state index in [2.05, 4.69) is 21.2 Å². The Morgan fingerprint density at radius 3 is 2.53 bits per heavy atom. The molecule has 0 saturated carbocycles. The molecule has 1 N–H and O–H groups in total. The van der Waals surface area contributed by atoms with Gasteiger partial charge >= 0.3 is 0 Å². The minimum atomic E-state index is -0.166. The Bertz CT molecular complexity index is 450. The molecule has 0 atom stereocenters. The molecular weight excluding hydrogens is 330 g/mol. The topological polar surface area (TPSA) is 52.7 Å². The third kappa shape index (κ3) is 5.71. The van der Waals surface area contributed by atoms with Gasteiger partial charge in [0.05, 0.1) is 16.9 Å². The second-order valence-corrected chi connectivity index (χ2v) is 6.85. The maximum atomic E-state index is 11.9. The SMILES string of the molecule is CNC(=O)CN(C)C(=O)CN(C)Cc1ccc(Br)s1. The summed E-state index contributed by atoms with van der Waals surface area (Å²) in [5.41, 5.74) is 0. The number of nitrogens with one attached hydrogen (secondary N) is 1. The van der Waals surface area contributed by atoms with Gasteiger partial charge in [0.25, 0.3) is 0 Å². The molecule has 1 rings (SSSR count). The Hall–Kier alpha value is -0.920. The van der Waals surface area contributed by atoms with Crippen molar-refractivity contribution in [1.82, 2.24) is 15.1 Å². The third-order valence-corrected chi connectivity index (χ3v) is 4.15. The van der Waals surface area contributed by atoms with E-state index in [1.807, 2.05) is 24.1 Å². The lowest BCUT2D eigenvalue weighted by atomic mass is 10.4. The molecule has 0 aliphatic rings. The fourth-order valence-electron chi connectivity index (χ4n) is 1.49. The molecular formula is C12H18BrN3O2S. The lowest BCUT2D eigenvalue weighted by Gasteiger charge is -2.20. The van der Waals surface area contributed by atoms with Crippen LogP contribution in [0.15, 0.2) is 15.9 Å². The summed E-state index contributed by atoms with van der Waals surface area (Å²) in [6.07, 6.45) is 0. The zero-order chi connectivity index (χ0) is 14.4. The van der Waals surface area contributed by atoms with Gasteiger partial charge in [0, 0.05) is 25.5 Å². The van der Waals surface area contributed by atoms with Crippen molar-refractivity contribution in [3.05, 3.63) is 20.8 Å². The summed E-state index contributed by atoms with van der Waals surface area (Å²) < 4.78 is 1.08. The van der Waals surface area contributed by atoms with Gasteiger partial charge in [-0.1, -0.05) is 0 Å². The predicted octanol–water partition coefficient (Wildman–Crippen LogP) is 1.15. The van der Waals surface area contributed by atoms with Crippen molar-refractivity contribution in [2.24, 2.45) is 0 Å². The van der Waals surface area contributed by atoms with Crippen LogP contribution in [0, 0.1) is 0 Å². The molecule has 1 aromatic rings. The van der Waals surface area contributed by atoms with Crippen molar-refractivity contribution in [3.63, 3.8) is 0 Å². The number of carbonyl (C=O) groups is 2. The first-order valence-corrected chi connectivity index (χ1v) is 7.40. The van der Waals surface area contributed by atoms with Crippen molar-refractivity contribution in [1.29, 1.82) is 0 Å². The van der Waals surface area contributed by atoms with Gasteiger partial charge in [0.2, 0.25) is 11.8 Å². The molecule has 0 unspecified atom stereocenters. The van der Waals surface area contributed by atoms with Gasteiger partial charge in [-0.2, -0.15) is 0 Å². The number of carbonyl (C=O) groups excluding carboxylic acids is 2. The van der Waals surface area contributed by atoms with Gasteiger partial charge in [-0.25, -0.2) is 0 Å². The highest BCUT2D eigenvalue weighted by atomic mass is 79.9. The molecule has 106 valence electrons. The van der Waals surface area contributed by atoms with E-state index in [0.29, 0.717) is 6.54 Å². The third-order valence-electron chi connectivity index (χ3n) is 2.55. The number of hydrogen-bond acceptors (Lipinski definition) is 4. The Kier molecular flexibility index (Phi) is 6.47. The number of nitrogens with zero attached hydrogens (tertiary/aromatic N) is 2. The van der Waals surface area contributed by atoms with Gasteiger partial charge in [-0.15, -0.1) is 11.3 Å².